The van der Waals surface area contributed by atoms with Crippen LogP contribution in [0, 0.1) is 0 Å². The van der Waals surface area contributed by atoms with Crippen molar-refractivity contribution in [1.29, 1.82) is 0 Å². The smallest absolute Gasteiger partial charge is 0.300 e. The van der Waals surface area contributed by atoms with Gasteiger partial charge in [-0.3, -0.25) is 18.4 Å². The summed E-state index contributed by atoms with van der Waals surface area (Å²) in [5, 5.41) is 0. The largest absolute Gasteiger partial charge is 0.402 e. The normalized spacial score (nSPS) is 20.5. The van der Waals surface area contributed by atoms with Crippen LogP contribution in [-0.2, 0) is 13.6 Å². The Labute approximate surface area is 131 Å². The third-order valence-corrected chi connectivity index (χ3v) is 6.36. The fourth-order valence-corrected chi connectivity index (χ4v) is 5.15. The predicted molar refractivity (Wildman–Crippen MR) is 85.1 cm³/mol. The summed E-state index contributed by atoms with van der Waals surface area (Å²) in [4.78, 5) is 12.7. The maximum atomic E-state index is 13.2. The zero-order chi connectivity index (χ0) is 15.4. The zero-order valence-corrected chi connectivity index (χ0v) is 13.7. The van der Waals surface area contributed by atoms with E-state index >= 15 is 0 Å². The second-order valence-corrected chi connectivity index (χ2v) is 8.02. The Morgan fingerprint density at radius 2 is 1.32 bits per heavy atom. The van der Waals surface area contributed by atoms with Crippen molar-refractivity contribution in [2.75, 3.05) is 0 Å². The van der Waals surface area contributed by atoms with Crippen LogP contribution >= 0.6 is 7.60 Å². The minimum absolute atomic E-state index is 0.111. The Morgan fingerprint density at radius 1 is 0.864 bits per heavy atom. The highest BCUT2D eigenvalue weighted by Crippen LogP contribution is 2.56. The number of benzene rings is 1. The summed E-state index contributed by atoms with van der Waals surface area (Å²) in [6, 6.07) is 8.71. The lowest BCUT2D eigenvalue weighted by Crippen LogP contribution is -2.17. The van der Waals surface area contributed by atoms with Gasteiger partial charge in [0.2, 0.25) is 0 Å². The van der Waals surface area contributed by atoms with Gasteiger partial charge in [0.25, 0.3) is 5.52 Å². The van der Waals surface area contributed by atoms with Crippen molar-refractivity contribution in [1.82, 2.24) is 0 Å². The van der Waals surface area contributed by atoms with Crippen molar-refractivity contribution in [3.8, 4) is 0 Å². The lowest BCUT2D eigenvalue weighted by atomic mass is 10.2. The molecule has 120 valence electrons. The molecule has 0 atom stereocenters. The highest BCUT2D eigenvalue weighted by Gasteiger charge is 2.41. The molecule has 0 spiro atoms. The number of carbonyl (C=O) groups is 1. The standard InChI is InChI=1S/C17H23O4P/c18-17(14-8-2-1-3-9-14)22(19,20-15-10-4-5-11-15)21-16-12-6-7-13-16/h1-3,8-9,15-16H,4-7,10-13H2. The first-order chi connectivity index (χ1) is 10.7. The van der Waals surface area contributed by atoms with E-state index < -0.39 is 13.1 Å². The van der Waals surface area contributed by atoms with Crippen LogP contribution in [0.1, 0.15) is 61.7 Å². The number of rotatable bonds is 6. The summed E-state index contributed by atoms with van der Waals surface area (Å²) in [6.45, 7) is 0. The van der Waals surface area contributed by atoms with E-state index in [2.05, 4.69) is 0 Å². The van der Waals surface area contributed by atoms with Crippen LogP contribution in [0.25, 0.3) is 0 Å². The van der Waals surface area contributed by atoms with E-state index in [0.29, 0.717) is 5.56 Å². The molecular weight excluding hydrogens is 299 g/mol. The van der Waals surface area contributed by atoms with Gasteiger partial charge in [-0.1, -0.05) is 56.0 Å². The number of hydrogen-bond acceptors (Lipinski definition) is 4. The van der Waals surface area contributed by atoms with Gasteiger partial charge in [-0.2, -0.15) is 0 Å². The van der Waals surface area contributed by atoms with Gasteiger partial charge in [0.05, 0.1) is 12.2 Å². The SMILES string of the molecule is O=C(c1ccccc1)P(=O)(OC1CCCC1)OC1CCCC1. The highest BCUT2D eigenvalue weighted by molar-refractivity contribution is 7.72. The number of carbonyl (C=O) groups excluding carboxylic acids is 1. The van der Waals surface area contributed by atoms with Gasteiger partial charge in [0.15, 0.2) is 0 Å². The van der Waals surface area contributed by atoms with E-state index in [1.165, 1.54) is 0 Å². The highest BCUT2D eigenvalue weighted by atomic mass is 31.2. The van der Waals surface area contributed by atoms with Gasteiger partial charge in [0.1, 0.15) is 0 Å². The van der Waals surface area contributed by atoms with Crippen LogP contribution in [0.4, 0.5) is 0 Å². The van der Waals surface area contributed by atoms with E-state index in [1.54, 1.807) is 24.3 Å². The zero-order valence-electron chi connectivity index (χ0n) is 12.8. The Balaban J connectivity index is 1.80. The predicted octanol–water partition coefficient (Wildman–Crippen LogP) is 4.94. The lowest BCUT2D eigenvalue weighted by molar-refractivity contribution is 0.0865. The molecule has 0 heterocycles. The molecule has 0 saturated heterocycles. The second-order valence-electron chi connectivity index (χ2n) is 6.19. The van der Waals surface area contributed by atoms with E-state index in [-0.39, 0.29) is 12.2 Å². The molecule has 0 aromatic heterocycles. The van der Waals surface area contributed by atoms with Crippen molar-refractivity contribution in [3.05, 3.63) is 35.9 Å². The molecule has 5 heteroatoms. The third-order valence-electron chi connectivity index (χ3n) is 4.45. The third kappa shape index (κ3) is 3.68. The van der Waals surface area contributed by atoms with Crippen molar-refractivity contribution < 1.29 is 18.4 Å². The first kappa shape index (κ1) is 15.9. The fourth-order valence-electron chi connectivity index (χ4n) is 3.24. The first-order valence-electron chi connectivity index (χ1n) is 8.24. The van der Waals surface area contributed by atoms with Crippen molar-refractivity contribution in [3.63, 3.8) is 0 Å². The Bertz CT molecular complexity index is 523. The van der Waals surface area contributed by atoms with Gasteiger partial charge < -0.3 is 0 Å². The van der Waals surface area contributed by atoms with E-state index in [4.69, 9.17) is 9.05 Å². The van der Waals surface area contributed by atoms with Gasteiger partial charge >= 0.3 is 7.60 Å². The fraction of sp³-hybridized carbons (Fsp3) is 0.588. The number of hydrogen-bond donors (Lipinski definition) is 0. The Hall–Kier alpha value is -0.960. The second kappa shape index (κ2) is 7.08. The Kier molecular flexibility index (Phi) is 5.12. The maximum Gasteiger partial charge on any atom is 0.402 e. The van der Waals surface area contributed by atoms with Crippen LogP contribution in [0.2, 0.25) is 0 Å². The van der Waals surface area contributed by atoms with E-state index in [9.17, 15) is 9.36 Å². The average Bonchev–Trinajstić information content (AvgIpc) is 3.21. The molecule has 0 unspecified atom stereocenters. The molecule has 3 rings (SSSR count). The molecule has 4 nitrogen and oxygen atoms in total. The molecule has 0 radical (unpaired) electrons. The minimum Gasteiger partial charge on any atom is -0.300 e. The molecule has 2 aliphatic carbocycles. The summed E-state index contributed by atoms with van der Waals surface area (Å²) in [7, 11) is -3.77. The quantitative estimate of drug-likeness (QED) is 0.696. The van der Waals surface area contributed by atoms with Crippen molar-refractivity contribution in [2.45, 2.75) is 63.6 Å². The molecule has 1 aromatic carbocycles. The summed E-state index contributed by atoms with van der Waals surface area (Å²) in [6.07, 6.45) is 7.47. The summed E-state index contributed by atoms with van der Waals surface area (Å²) in [5.74, 6) is 0. The lowest BCUT2D eigenvalue weighted by Gasteiger charge is -2.24. The molecule has 2 fully saturated rings. The molecule has 22 heavy (non-hydrogen) atoms. The average molecular weight is 322 g/mol. The van der Waals surface area contributed by atoms with Gasteiger partial charge in [-0.15, -0.1) is 0 Å². The molecule has 2 aliphatic rings. The van der Waals surface area contributed by atoms with E-state index in [0.717, 1.165) is 51.4 Å². The van der Waals surface area contributed by atoms with Crippen LogP contribution in [0.3, 0.4) is 0 Å². The van der Waals surface area contributed by atoms with Crippen molar-refractivity contribution >= 4 is 13.1 Å². The van der Waals surface area contributed by atoms with Crippen molar-refractivity contribution in [2.24, 2.45) is 0 Å². The minimum atomic E-state index is -3.77. The topological polar surface area (TPSA) is 52.6 Å². The van der Waals surface area contributed by atoms with Crippen LogP contribution in [-0.4, -0.2) is 17.7 Å². The molecular formula is C17H23O4P. The first-order valence-corrected chi connectivity index (χ1v) is 9.78. The summed E-state index contributed by atoms with van der Waals surface area (Å²) < 4.78 is 24.8. The van der Waals surface area contributed by atoms with Gasteiger partial charge in [-0.05, 0) is 25.7 Å². The molecule has 0 amide bonds. The summed E-state index contributed by atoms with van der Waals surface area (Å²) >= 11 is 0. The van der Waals surface area contributed by atoms with Crippen LogP contribution < -0.4 is 0 Å². The molecule has 0 bridgehead atoms. The summed E-state index contributed by atoms with van der Waals surface area (Å²) in [5.41, 5.74) is -0.0891. The molecule has 0 aliphatic heterocycles. The van der Waals surface area contributed by atoms with Crippen LogP contribution in [0.15, 0.2) is 30.3 Å². The Morgan fingerprint density at radius 3 is 1.77 bits per heavy atom. The van der Waals surface area contributed by atoms with Gasteiger partial charge in [-0.25, -0.2) is 0 Å². The van der Waals surface area contributed by atoms with Crippen LogP contribution in [0.5, 0.6) is 0 Å². The monoisotopic (exact) mass is 322 g/mol. The van der Waals surface area contributed by atoms with Gasteiger partial charge in [0, 0.05) is 5.56 Å². The molecule has 2 saturated carbocycles. The van der Waals surface area contributed by atoms with E-state index in [1.807, 2.05) is 6.07 Å². The molecule has 1 aromatic rings. The molecule has 0 N–H and O–H groups in total. The maximum absolute atomic E-state index is 13.2.